The smallest absolute Gasteiger partial charge is 0.233 e. The van der Waals surface area contributed by atoms with E-state index < -0.39 is 0 Å². The molecule has 0 spiro atoms. The van der Waals surface area contributed by atoms with Crippen molar-refractivity contribution >= 4 is 18.3 Å². The molecule has 2 fully saturated rings. The lowest BCUT2D eigenvalue weighted by molar-refractivity contribution is -0.120. The minimum Gasteiger partial charge on any atom is -0.381 e. The lowest BCUT2D eigenvalue weighted by Gasteiger charge is -2.38. The van der Waals surface area contributed by atoms with Gasteiger partial charge in [0.15, 0.2) is 0 Å². The number of benzene rings is 1. The summed E-state index contributed by atoms with van der Waals surface area (Å²) in [5.74, 6) is 0.904. The van der Waals surface area contributed by atoms with Gasteiger partial charge in [-0.05, 0) is 43.7 Å². The van der Waals surface area contributed by atoms with Crippen molar-refractivity contribution in [2.24, 2.45) is 5.92 Å². The molecule has 1 saturated heterocycles. The SMILES string of the molecule is Cl.O=C(CNCC1CC1)NCC1(c2ccccc2)CCOCC1. The van der Waals surface area contributed by atoms with Gasteiger partial charge in [-0.2, -0.15) is 0 Å². The van der Waals surface area contributed by atoms with Gasteiger partial charge in [0.2, 0.25) is 5.91 Å². The minimum absolute atomic E-state index is 0. The summed E-state index contributed by atoms with van der Waals surface area (Å²) in [6.07, 6.45) is 4.55. The maximum absolute atomic E-state index is 12.1. The quantitative estimate of drug-likeness (QED) is 0.802. The van der Waals surface area contributed by atoms with Crippen LogP contribution in [0.2, 0.25) is 0 Å². The summed E-state index contributed by atoms with van der Waals surface area (Å²) in [5, 5.41) is 6.38. The highest BCUT2D eigenvalue weighted by Crippen LogP contribution is 2.34. The van der Waals surface area contributed by atoms with Gasteiger partial charge in [0.25, 0.3) is 0 Å². The highest BCUT2D eigenvalue weighted by atomic mass is 35.5. The van der Waals surface area contributed by atoms with Gasteiger partial charge in [0.05, 0.1) is 6.54 Å². The van der Waals surface area contributed by atoms with Crippen LogP contribution in [-0.4, -0.2) is 38.8 Å². The Morgan fingerprint density at radius 3 is 2.52 bits per heavy atom. The zero-order valence-corrected chi connectivity index (χ0v) is 14.4. The number of hydrogen-bond donors (Lipinski definition) is 2. The van der Waals surface area contributed by atoms with Gasteiger partial charge < -0.3 is 15.4 Å². The fourth-order valence-corrected chi connectivity index (χ4v) is 3.16. The fraction of sp³-hybridized carbons (Fsp3) is 0.611. The molecule has 1 aromatic carbocycles. The molecule has 0 aromatic heterocycles. The zero-order chi connectivity index (χ0) is 15.3. The Morgan fingerprint density at radius 2 is 1.87 bits per heavy atom. The van der Waals surface area contributed by atoms with Crippen molar-refractivity contribution in [1.29, 1.82) is 0 Å². The molecule has 2 aliphatic rings. The van der Waals surface area contributed by atoms with E-state index in [0.29, 0.717) is 13.1 Å². The third-order valence-electron chi connectivity index (χ3n) is 4.88. The minimum atomic E-state index is 0. The Kier molecular flexibility index (Phi) is 6.88. The molecule has 5 heteroatoms. The van der Waals surface area contributed by atoms with Crippen LogP contribution in [0, 0.1) is 5.92 Å². The van der Waals surface area contributed by atoms with E-state index in [2.05, 4.69) is 34.9 Å². The maximum atomic E-state index is 12.1. The molecule has 1 amide bonds. The number of halogens is 1. The molecule has 1 heterocycles. The number of hydrogen-bond acceptors (Lipinski definition) is 3. The van der Waals surface area contributed by atoms with Crippen molar-refractivity contribution in [3.8, 4) is 0 Å². The summed E-state index contributed by atoms with van der Waals surface area (Å²) in [7, 11) is 0. The predicted octanol–water partition coefficient (Wildman–Crippen LogP) is 2.27. The monoisotopic (exact) mass is 338 g/mol. The van der Waals surface area contributed by atoms with Crippen molar-refractivity contribution < 1.29 is 9.53 Å². The molecule has 0 radical (unpaired) electrons. The van der Waals surface area contributed by atoms with E-state index >= 15 is 0 Å². The second kappa shape index (κ2) is 8.67. The highest BCUT2D eigenvalue weighted by molar-refractivity contribution is 5.85. The van der Waals surface area contributed by atoms with Crippen LogP contribution in [0.15, 0.2) is 30.3 Å². The van der Waals surface area contributed by atoms with Crippen molar-refractivity contribution in [2.75, 3.05) is 32.8 Å². The van der Waals surface area contributed by atoms with Crippen LogP contribution in [0.3, 0.4) is 0 Å². The Morgan fingerprint density at radius 1 is 1.17 bits per heavy atom. The standard InChI is InChI=1S/C18H26N2O2.ClH/c21-17(13-19-12-15-6-7-15)20-14-18(8-10-22-11-9-18)16-4-2-1-3-5-16;/h1-5,15,19H,6-14H2,(H,20,21);1H. The molecule has 2 N–H and O–H groups in total. The summed E-state index contributed by atoms with van der Waals surface area (Å²) < 4.78 is 5.53. The summed E-state index contributed by atoms with van der Waals surface area (Å²) in [5.41, 5.74) is 1.33. The molecule has 0 atom stereocenters. The van der Waals surface area contributed by atoms with E-state index in [0.717, 1.165) is 38.5 Å². The molecule has 1 aromatic rings. The van der Waals surface area contributed by atoms with Crippen LogP contribution in [0.1, 0.15) is 31.2 Å². The molecule has 23 heavy (non-hydrogen) atoms. The van der Waals surface area contributed by atoms with Gasteiger partial charge in [-0.25, -0.2) is 0 Å². The molecular weight excluding hydrogens is 312 g/mol. The normalized spacial score (nSPS) is 19.7. The molecule has 4 nitrogen and oxygen atoms in total. The van der Waals surface area contributed by atoms with E-state index in [-0.39, 0.29) is 23.7 Å². The Balaban J connectivity index is 0.00000192. The highest BCUT2D eigenvalue weighted by Gasteiger charge is 2.34. The first-order valence-electron chi connectivity index (χ1n) is 8.39. The summed E-state index contributed by atoms with van der Waals surface area (Å²) in [4.78, 5) is 12.1. The van der Waals surface area contributed by atoms with Gasteiger partial charge in [-0.1, -0.05) is 30.3 Å². The molecular formula is C18H27ClN2O2. The van der Waals surface area contributed by atoms with Crippen LogP contribution >= 0.6 is 12.4 Å². The molecule has 0 unspecified atom stereocenters. The third kappa shape index (κ3) is 5.20. The third-order valence-corrected chi connectivity index (χ3v) is 4.88. The van der Waals surface area contributed by atoms with Crippen molar-refractivity contribution in [3.63, 3.8) is 0 Å². The number of rotatable bonds is 7. The first kappa shape index (κ1) is 18.2. The van der Waals surface area contributed by atoms with E-state index in [1.807, 2.05) is 6.07 Å². The van der Waals surface area contributed by atoms with Crippen LogP contribution in [0.4, 0.5) is 0 Å². The van der Waals surface area contributed by atoms with Crippen LogP contribution < -0.4 is 10.6 Å². The van der Waals surface area contributed by atoms with E-state index in [4.69, 9.17) is 4.74 Å². The van der Waals surface area contributed by atoms with E-state index in [1.54, 1.807) is 0 Å². The van der Waals surface area contributed by atoms with Crippen LogP contribution in [0.5, 0.6) is 0 Å². The summed E-state index contributed by atoms with van der Waals surface area (Å²) >= 11 is 0. The maximum Gasteiger partial charge on any atom is 0.233 e. The summed E-state index contributed by atoms with van der Waals surface area (Å²) in [6.45, 7) is 3.64. The Hall–Kier alpha value is -1.10. The Labute approximate surface area is 144 Å². The van der Waals surface area contributed by atoms with Crippen molar-refractivity contribution in [1.82, 2.24) is 10.6 Å². The number of amides is 1. The molecule has 1 aliphatic heterocycles. The first-order valence-corrected chi connectivity index (χ1v) is 8.39. The average molecular weight is 339 g/mol. The van der Waals surface area contributed by atoms with Crippen molar-refractivity contribution in [2.45, 2.75) is 31.1 Å². The van der Waals surface area contributed by atoms with E-state index in [1.165, 1.54) is 18.4 Å². The number of ether oxygens (including phenoxy) is 1. The topological polar surface area (TPSA) is 50.4 Å². The average Bonchev–Trinajstić information content (AvgIpc) is 3.39. The van der Waals surface area contributed by atoms with Crippen molar-refractivity contribution in [3.05, 3.63) is 35.9 Å². The largest absolute Gasteiger partial charge is 0.381 e. The predicted molar refractivity (Wildman–Crippen MR) is 94.0 cm³/mol. The number of carbonyl (C=O) groups excluding carboxylic acids is 1. The first-order chi connectivity index (χ1) is 10.8. The van der Waals surface area contributed by atoms with Gasteiger partial charge in [-0.15, -0.1) is 12.4 Å². The lowest BCUT2D eigenvalue weighted by atomic mass is 9.74. The van der Waals surface area contributed by atoms with Crippen LogP contribution in [0.25, 0.3) is 0 Å². The van der Waals surface area contributed by atoms with Gasteiger partial charge in [0.1, 0.15) is 0 Å². The van der Waals surface area contributed by atoms with E-state index in [9.17, 15) is 4.79 Å². The molecule has 3 rings (SSSR count). The fourth-order valence-electron chi connectivity index (χ4n) is 3.16. The molecule has 1 aliphatic carbocycles. The summed E-state index contributed by atoms with van der Waals surface area (Å²) in [6, 6.07) is 10.5. The number of nitrogens with one attached hydrogen (secondary N) is 2. The second-order valence-electron chi connectivity index (χ2n) is 6.61. The second-order valence-corrected chi connectivity index (χ2v) is 6.61. The molecule has 128 valence electrons. The molecule has 0 bridgehead atoms. The number of carbonyl (C=O) groups is 1. The van der Waals surface area contributed by atoms with Crippen LogP contribution in [-0.2, 0) is 14.9 Å². The lowest BCUT2D eigenvalue weighted by Crippen LogP contribution is -2.46. The molecule has 1 saturated carbocycles. The Bertz CT molecular complexity index is 485. The van der Waals surface area contributed by atoms with Gasteiger partial charge in [0, 0.05) is 25.2 Å². The van der Waals surface area contributed by atoms with Gasteiger partial charge >= 0.3 is 0 Å². The zero-order valence-electron chi connectivity index (χ0n) is 13.6. The van der Waals surface area contributed by atoms with Gasteiger partial charge in [-0.3, -0.25) is 4.79 Å².